The maximum Gasteiger partial charge on any atom is 0.191 e. The van der Waals surface area contributed by atoms with Crippen molar-refractivity contribution in [3.05, 3.63) is 24.2 Å². The molecule has 1 rings (SSSR count). The SMILES string of the molecule is CCC(C)N(C)CCNC(=NC)NCCCOCc1ccco1. The number of furan rings is 1. The summed E-state index contributed by atoms with van der Waals surface area (Å²) >= 11 is 0. The van der Waals surface area contributed by atoms with E-state index in [1.165, 1.54) is 6.42 Å². The van der Waals surface area contributed by atoms with Gasteiger partial charge in [-0.25, -0.2) is 0 Å². The van der Waals surface area contributed by atoms with Gasteiger partial charge in [0.05, 0.1) is 6.26 Å². The Morgan fingerprint density at radius 1 is 1.39 bits per heavy atom. The number of rotatable bonds is 11. The van der Waals surface area contributed by atoms with E-state index in [0.29, 0.717) is 19.3 Å². The highest BCUT2D eigenvalue weighted by Crippen LogP contribution is 2.01. The average molecular weight is 324 g/mol. The summed E-state index contributed by atoms with van der Waals surface area (Å²) in [5.41, 5.74) is 0. The van der Waals surface area contributed by atoms with Crippen LogP contribution in [0.15, 0.2) is 27.8 Å². The molecule has 0 fully saturated rings. The first kappa shape index (κ1) is 19.5. The Labute approximate surface area is 140 Å². The van der Waals surface area contributed by atoms with Crippen molar-refractivity contribution in [2.75, 3.05) is 40.3 Å². The van der Waals surface area contributed by atoms with Crippen molar-refractivity contribution in [2.24, 2.45) is 4.99 Å². The summed E-state index contributed by atoms with van der Waals surface area (Å²) in [4.78, 5) is 6.58. The summed E-state index contributed by atoms with van der Waals surface area (Å²) in [5, 5.41) is 6.63. The molecule has 0 aliphatic carbocycles. The number of nitrogens with zero attached hydrogens (tertiary/aromatic N) is 2. The lowest BCUT2D eigenvalue weighted by Gasteiger charge is -2.23. The van der Waals surface area contributed by atoms with Crippen LogP contribution in [0.2, 0.25) is 0 Å². The number of hydrogen-bond donors (Lipinski definition) is 2. The predicted molar refractivity (Wildman–Crippen MR) is 94.7 cm³/mol. The Bertz CT molecular complexity index is 420. The molecular weight excluding hydrogens is 292 g/mol. The molecule has 1 heterocycles. The molecule has 0 amide bonds. The maximum absolute atomic E-state index is 5.54. The quantitative estimate of drug-likeness (QED) is 0.371. The van der Waals surface area contributed by atoms with Crippen LogP contribution < -0.4 is 10.6 Å². The molecule has 1 aromatic rings. The zero-order valence-corrected chi connectivity index (χ0v) is 15.0. The van der Waals surface area contributed by atoms with Crippen molar-refractivity contribution in [3.63, 3.8) is 0 Å². The minimum absolute atomic E-state index is 0.530. The van der Waals surface area contributed by atoms with E-state index >= 15 is 0 Å². The fourth-order valence-corrected chi connectivity index (χ4v) is 2.05. The standard InChI is InChI=1S/C17H32N4O2/c1-5-15(2)21(4)11-10-20-17(18-3)19-9-7-12-22-14-16-8-6-13-23-16/h6,8,13,15H,5,7,9-12,14H2,1-4H3,(H2,18,19,20). The van der Waals surface area contributed by atoms with Crippen LogP contribution in [0.25, 0.3) is 0 Å². The maximum atomic E-state index is 5.54. The van der Waals surface area contributed by atoms with Crippen LogP contribution in [-0.2, 0) is 11.3 Å². The minimum atomic E-state index is 0.530. The summed E-state index contributed by atoms with van der Waals surface area (Å²) in [6.45, 7) is 8.40. The number of aliphatic imine (C=N–C) groups is 1. The van der Waals surface area contributed by atoms with Gasteiger partial charge in [-0.3, -0.25) is 4.99 Å². The van der Waals surface area contributed by atoms with E-state index in [1.807, 2.05) is 12.1 Å². The second-order valence-corrected chi connectivity index (χ2v) is 5.65. The molecule has 1 aromatic heterocycles. The van der Waals surface area contributed by atoms with Crippen molar-refractivity contribution in [2.45, 2.75) is 39.3 Å². The van der Waals surface area contributed by atoms with E-state index in [0.717, 1.165) is 37.8 Å². The molecule has 2 N–H and O–H groups in total. The molecule has 6 heteroatoms. The van der Waals surface area contributed by atoms with E-state index in [-0.39, 0.29) is 0 Å². The molecule has 0 aliphatic rings. The van der Waals surface area contributed by atoms with Crippen molar-refractivity contribution < 1.29 is 9.15 Å². The third kappa shape index (κ3) is 8.62. The Kier molecular flexibility index (Phi) is 10.2. The number of nitrogens with one attached hydrogen (secondary N) is 2. The third-order valence-corrected chi connectivity index (χ3v) is 3.91. The van der Waals surface area contributed by atoms with Gasteiger partial charge in [0.15, 0.2) is 5.96 Å². The highest BCUT2D eigenvalue weighted by Gasteiger charge is 2.06. The largest absolute Gasteiger partial charge is 0.467 e. The third-order valence-electron chi connectivity index (χ3n) is 3.91. The summed E-state index contributed by atoms with van der Waals surface area (Å²) in [7, 11) is 3.95. The zero-order chi connectivity index (χ0) is 16.9. The lowest BCUT2D eigenvalue weighted by Crippen LogP contribution is -2.42. The Morgan fingerprint density at radius 2 is 2.17 bits per heavy atom. The Hall–Kier alpha value is -1.53. The van der Waals surface area contributed by atoms with Crippen LogP contribution in [-0.4, -0.2) is 57.2 Å². The van der Waals surface area contributed by atoms with Crippen LogP contribution in [0, 0.1) is 0 Å². The molecule has 6 nitrogen and oxygen atoms in total. The monoisotopic (exact) mass is 324 g/mol. The van der Waals surface area contributed by atoms with Gasteiger partial charge < -0.3 is 24.7 Å². The zero-order valence-electron chi connectivity index (χ0n) is 15.0. The van der Waals surface area contributed by atoms with Gasteiger partial charge in [0.2, 0.25) is 0 Å². The smallest absolute Gasteiger partial charge is 0.191 e. The topological polar surface area (TPSA) is 62.0 Å². The van der Waals surface area contributed by atoms with Gasteiger partial charge in [0.1, 0.15) is 12.4 Å². The summed E-state index contributed by atoms with van der Waals surface area (Å²) in [6, 6.07) is 4.40. The van der Waals surface area contributed by atoms with Gasteiger partial charge in [-0.15, -0.1) is 0 Å². The van der Waals surface area contributed by atoms with Crippen molar-refractivity contribution in [3.8, 4) is 0 Å². The van der Waals surface area contributed by atoms with Crippen LogP contribution >= 0.6 is 0 Å². The fourth-order valence-electron chi connectivity index (χ4n) is 2.05. The highest BCUT2D eigenvalue weighted by molar-refractivity contribution is 5.79. The first-order valence-electron chi connectivity index (χ1n) is 8.42. The average Bonchev–Trinajstić information content (AvgIpc) is 3.08. The van der Waals surface area contributed by atoms with Gasteiger partial charge in [0, 0.05) is 39.3 Å². The lowest BCUT2D eigenvalue weighted by molar-refractivity contribution is 0.105. The van der Waals surface area contributed by atoms with Gasteiger partial charge in [0.25, 0.3) is 0 Å². The first-order valence-corrected chi connectivity index (χ1v) is 8.42. The van der Waals surface area contributed by atoms with E-state index in [9.17, 15) is 0 Å². The molecule has 132 valence electrons. The molecule has 0 spiro atoms. The van der Waals surface area contributed by atoms with Crippen LogP contribution in [0.3, 0.4) is 0 Å². The van der Waals surface area contributed by atoms with E-state index in [4.69, 9.17) is 9.15 Å². The van der Waals surface area contributed by atoms with E-state index in [1.54, 1.807) is 13.3 Å². The van der Waals surface area contributed by atoms with Crippen molar-refractivity contribution in [1.29, 1.82) is 0 Å². The van der Waals surface area contributed by atoms with Gasteiger partial charge >= 0.3 is 0 Å². The van der Waals surface area contributed by atoms with Crippen LogP contribution in [0.5, 0.6) is 0 Å². The van der Waals surface area contributed by atoms with E-state index in [2.05, 4.69) is 41.4 Å². The van der Waals surface area contributed by atoms with Gasteiger partial charge in [-0.2, -0.15) is 0 Å². The fraction of sp³-hybridized carbons (Fsp3) is 0.706. The summed E-state index contributed by atoms with van der Waals surface area (Å²) in [6.07, 6.45) is 3.75. The first-order chi connectivity index (χ1) is 11.2. The number of ether oxygens (including phenoxy) is 1. The number of hydrogen-bond acceptors (Lipinski definition) is 4. The Morgan fingerprint density at radius 3 is 2.83 bits per heavy atom. The molecule has 0 saturated carbocycles. The Balaban J connectivity index is 2.03. The molecule has 0 radical (unpaired) electrons. The van der Waals surface area contributed by atoms with Gasteiger partial charge in [-0.05, 0) is 38.9 Å². The van der Waals surface area contributed by atoms with Gasteiger partial charge in [-0.1, -0.05) is 6.92 Å². The number of guanidine groups is 1. The second kappa shape index (κ2) is 12.0. The lowest BCUT2D eigenvalue weighted by atomic mass is 10.2. The van der Waals surface area contributed by atoms with Crippen molar-refractivity contribution in [1.82, 2.24) is 15.5 Å². The molecule has 0 bridgehead atoms. The summed E-state index contributed by atoms with van der Waals surface area (Å²) < 4.78 is 10.8. The molecular formula is C17H32N4O2. The van der Waals surface area contributed by atoms with Crippen molar-refractivity contribution >= 4 is 5.96 Å². The van der Waals surface area contributed by atoms with E-state index < -0.39 is 0 Å². The van der Waals surface area contributed by atoms with Crippen LogP contribution in [0.4, 0.5) is 0 Å². The molecule has 0 aromatic carbocycles. The second-order valence-electron chi connectivity index (χ2n) is 5.65. The highest BCUT2D eigenvalue weighted by atomic mass is 16.5. The molecule has 0 saturated heterocycles. The normalized spacial score (nSPS) is 13.3. The minimum Gasteiger partial charge on any atom is -0.467 e. The summed E-state index contributed by atoms with van der Waals surface area (Å²) in [5.74, 6) is 1.70. The molecule has 1 atom stereocenters. The molecule has 0 aliphatic heterocycles. The van der Waals surface area contributed by atoms with Crippen LogP contribution in [0.1, 0.15) is 32.4 Å². The molecule has 23 heavy (non-hydrogen) atoms. The predicted octanol–water partition coefficient (Wildman–Crippen LogP) is 2.08. The molecule has 1 unspecified atom stereocenters. The number of likely N-dealkylation sites (N-methyl/N-ethyl adjacent to an activating group) is 1.